The summed E-state index contributed by atoms with van der Waals surface area (Å²) in [4.78, 5) is 12.1. The summed E-state index contributed by atoms with van der Waals surface area (Å²) in [6, 6.07) is 3.79. The number of hydrogen-bond acceptors (Lipinski definition) is 3. The van der Waals surface area contributed by atoms with Crippen LogP contribution in [0.3, 0.4) is 0 Å². The Bertz CT molecular complexity index is 341. The van der Waals surface area contributed by atoms with Crippen molar-refractivity contribution in [1.29, 1.82) is 0 Å². The molecule has 0 aromatic carbocycles. The fourth-order valence-electron chi connectivity index (χ4n) is 1.86. The van der Waals surface area contributed by atoms with E-state index in [0.29, 0.717) is 19.6 Å². The molecule has 0 amide bonds. The lowest BCUT2D eigenvalue weighted by atomic mass is 9.79. The van der Waals surface area contributed by atoms with Crippen LogP contribution in [0.1, 0.15) is 24.1 Å². The van der Waals surface area contributed by atoms with E-state index in [1.807, 2.05) is 17.5 Å². The number of ether oxygens (including phenoxy) is 1. The van der Waals surface area contributed by atoms with Gasteiger partial charge in [-0.3, -0.25) is 4.79 Å². The van der Waals surface area contributed by atoms with Gasteiger partial charge in [-0.2, -0.15) is 0 Å². The Hall–Kier alpha value is -0.870. The molecule has 4 heteroatoms. The summed E-state index contributed by atoms with van der Waals surface area (Å²) in [6.45, 7) is 3.45. The average Bonchev–Trinajstić information content (AvgIpc) is 2.63. The van der Waals surface area contributed by atoms with Crippen molar-refractivity contribution in [2.75, 3.05) is 13.2 Å². The van der Waals surface area contributed by atoms with Crippen LogP contribution in [0.4, 0.5) is 0 Å². The molecule has 15 heavy (non-hydrogen) atoms. The zero-order valence-corrected chi connectivity index (χ0v) is 9.42. The molecule has 1 N–H and O–H groups in total. The van der Waals surface area contributed by atoms with Crippen molar-refractivity contribution in [3.63, 3.8) is 0 Å². The van der Waals surface area contributed by atoms with Crippen molar-refractivity contribution in [1.82, 2.24) is 0 Å². The van der Waals surface area contributed by atoms with Crippen LogP contribution < -0.4 is 0 Å². The Labute approximate surface area is 92.7 Å². The third-order valence-corrected chi connectivity index (χ3v) is 3.77. The first-order valence-corrected chi connectivity index (χ1v) is 5.83. The molecular formula is C11H14O3S. The molecule has 0 radical (unpaired) electrons. The number of carbonyl (C=O) groups is 1. The Morgan fingerprint density at radius 1 is 1.73 bits per heavy atom. The van der Waals surface area contributed by atoms with Gasteiger partial charge in [-0.25, -0.2) is 0 Å². The van der Waals surface area contributed by atoms with E-state index in [0.717, 1.165) is 4.88 Å². The number of hydrogen-bond donors (Lipinski definition) is 1. The molecule has 1 aromatic rings. The molecule has 1 aliphatic heterocycles. The normalized spacial score (nSPS) is 20.6. The Morgan fingerprint density at radius 3 is 2.87 bits per heavy atom. The minimum absolute atomic E-state index is 0.0487. The molecule has 1 aliphatic rings. The van der Waals surface area contributed by atoms with Crippen LogP contribution >= 0.6 is 11.3 Å². The number of carboxylic acid groups (broad SMARTS) is 1. The second kappa shape index (κ2) is 3.94. The maximum Gasteiger partial charge on any atom is 0.311 e. The molecule has 1 saturated heterocycles. The van der Waals surface area contributed by atoms with Crippen molar-refractivity contribution < 1.29 is 14.6 Å². The van der Waals surface area contributed by atoms with Crippen LogP contribution in [0.2, 0.25) is 0 Å². The standard InChI is InChI=1S/C11H14O3S/c1-11(6-14-7-11)5-8(10(12)13)9-3-2-4-15-9/h2-4,8H,5-7H2,1H3,(H,12,13). The van der Waals surface area contributed by atoms with Crippen LogP contribution in [-0.2, 0) is 9.53 Å². The molecule has 1 unspecified atom stereocenters. The molecule has 0 spiro atoms. The monoisotopic (exact) mass is 226 g/mol. The summed E-state index contributed by atoms with van der Waals surface area (Å²) < 4.78 is 5.15. The van der Waals surface area contributed by atoms with E-state index >= 15 is 0 Å². The lowest BCUT2D eigenvalue weighted by Crippen LogP contribution is -2.41. The van der Waals surface area contributed by atoms with E-state index in [-0.39, 0.29) is 11.3 Å². The highest BCUT2D eigenvalue weighted by Crippen LogP contribution is 2.38. The fourth-order valence-corrected chi connectivity index (χ4v) is 2.68. The molecule has 0 saturated carbocycles. The van der Waals surface area contributed by atoms with Crippen molar-refractivity contribution >= 4 is 17.3 Å². The van der Waals surface area contributed by atoms with Gasteiger partial charge in [-0.05, 0) is 17.9 Å². The summed E-state index contributed by atoms with van der Waals surface area (Å²) in [7, 11) is 0. The molecule has 82 valence electrons. The Morgan fingerprint density at radius 2 is 2.47 bits per heavy atom. The quantitative estimate of drug-likeness (QED) is 0.857. The highest BCUT2D eigenvalue weighted by Gasteiger charge is 2.38. The third kappa shape index (κ3) is 2.21. The van der Waals surface area contributed by atoms with Crippen molar-refractivity contribution in [3.05, 3.63) is 22.4 Å². The largest absolute Gasteiger partial charge is 0.481 e. The Balaban J connectivity index is 2.10. The van der Waals surface area contributed by atoms with Gasteiger partial charge in [0.1, 0.15) is 0 Å². The second-order valence-corrected chi connectivity index (χ2v) is 5.39. The molecule has 2 heterocycles. The van der Waals surface area contributed by atoms with E-state index < -0.39 is 5.97 Å². The van der Waals surface area contributed by atoms with E-state index in [4.69, 9.17) is 4.74 Å². The molecule has 1 fully saturated rings. The van der Waals surface area contributed by atoms with Gasteiger partial charge in [0.15, 0.2) is 0 Å². The lowest BCUT2D eigenvalue weighted by molar-refractivity contribution is -0.144. The number of thiophene rings is 1. The summed E-state index contributed by atoms with van der Waals surface area (Å²) in [6.07, 6.45) is 0.669. The first kappa shape index (κ1) is 10.6. The summed E-state index contributed by atoms with van der Waals surface area (Å²) >= 11 is 1.51. The summed E-state index contributed by atoms with van der Waals surface area (Å²) in [5.41, 5.74) is 0.0487. The predicted octanol–water partition coefficient (Wildman–Crippen LogP) is 2.34. The van der Waals surface area contributed by atoms with Gasteiger partial charge in [-0.15, -0.1) is 11.3 Å². The van der Waals surface area contributed by atoms with Crippen LogP contribution in [0, 0.1) is 5.41 Å². The molecular weight excluding hydrogens is 212 g/mol. The van der Waals surface area contributed by atoms with Gasteiger partial charge >= 0.3 is 5.97 Å². The molecule has 1 atom stereocenters. The zero-order valence-electron chi connectivity index (χ0n) is 8.60. The van der Waals surface area contributed by atoms with E-state index in [9.17, 15) is 9.90 Å². The number of aliphatic carboxylic acids is 1. The molecule has 1 aromatic heterocycles. The lowest BCUT2D eigenvalue weighted by Gasteiger charge is -2.39. The van der Waals surface area contributed by atoms with Gasteiger partial charge in [0.05, 0.1) is 19.1 Å². The zero-order chi connectivity index (χ0) is 10.9. The molecule has 3 nitrogen and oxygen atoms in total. The molecule has 0 bridgehead atoms. The first-order valence-electron chi connectivity index (χ1n) is 4.95. The van der Waals surface area contributed by atoms with Gasteiger partial charge in [0.2, 0.25) is 0 Å². The average molecular weight is 226 g/mol. The summed E-state index contributed by atoms with van der Waals surface area (Å²) in [5, 5.41) is 11.1. The van der Waals surface area contributed by atoms with Gasteiger partial charge in [0, 0.05) is 10.3 Å². The van der Waals surface area contributed by atoms with Crippen LogP contribution in [0.5, 0.6) is 0 Å². The molecule has 2 rings (SSSR count). The highest BCUT2D eigenvalue weighted by atomic mass is 32.1. The fraction of sp³-hybridized carbons (Fsp3) is 0.545. The summed E-state index contributed by atoms with van der Waals surface area (Å²) in [5.74, 6) is -1.11. The van der Waals surface area contributed by atoms with Gasteiger partial charge in [-0.1, -0.05) is 13.0 Å². The minimum atomic E-state index is -0.731. The maximum absolute atomic E-state index is 11.2. The SMILES string of the molecule is CC1(CC(C(=O)O)c2cccs2)COC1. The van der Waals surface area contributed by atoms with E-state index in [1.165, 1.54) is 11.3 Å². The van der Waals surface area contributed by atoms with E-state index in [1.54, 1.807) is 0 Å². The van der Waals surface area contributed by atoms with Crippen molar-refractivity contribution in [2.45, 2.75) is 19.3 Å². The van der Waals surface area contributed by atoms with Crippen LogP contribution in [-0.4, -0.2) is 24.3 Å². The van der Waals surface area contributed by atoms with Crippen LogP contribution in [0.25, 0.3) is 0 Å². The van der Waals surface area contributed by atoms with Crippen molar-refractivity contribution in [3.8, 4) is 0 Å². The smallest absolute Gasteiger partial charge is 0.311 e. The maximum atomic E-state index is 11.2. The predicted molar refractivity (Wildman–Crippen MR) is 58.2 cm³/mol. The Kier molecular flexibility index (Phi) is 2.80. The topological polar surface area (TPSA) is 46.5 Å². The van der Waals surface area contributed by atoms with Gasteiger partial charge < -0.3 is 9.84 Å². The minimum Gasteiger partial charge on any atom is -0.481 e. The first-order chi connectivity index (χ1) is 7.11. The van der Waals surface area contributed by atoms with Crippen LogP contribution in [0.15, 0.2) is 17.5 Å². The second-order valence-electron chi connectivity index (χ2n) is 4.41. The molecule has 0 aliphatic carbocycles. The van der Waals surface area contributed by atoms with Gasteiger partial charge in [0.25, 0.3) is 0 Å². The number of rotatable bonds is 4. The number of carboxylic acids is 1. The van der Waals surface area contributed by atoms with E-state index in [2.05, 4.69) is 6.92 Å². The van der Waals surface area contributed by atoms with Crippen molar-refractivity contribution in [2.24, 2.45) is 5.41 Å². The highest BCUT2D eigenvalue weighted by molar-refractivity contribution is 7.10. The third-order valence-electron chi connectivity index (χ3n) is 2.78.